The standard InChI is InChI=1S/C25H29N5O2.ClH/c1-17-12-20(2-3-22(17)32-16-18-4-8-27-9-5-18)24-21-6-10-30(14-19-7-11-31-15-19)25(21)29-23(13-26)28-24;/h2-3,6,10,12,18-19,27H,4-5,7-9,11,14-16H2,1H3;1H. The highest BCUT2D eigenvalue weighted by atomic mass is 35.5. The molecule has 2 saturated heterocycles. The molecule has 1 aromatic carbocycles. The van der Waals surface area contributed by atoms with Crippen LogP contribution in [0.1, 0.15) is 30.7 Å². The van der Waals surface area contributed by atoms with Crippen LogP contribution < -0.4 is 10.1 Å². The summed E-state index contributed by atoms with van der Waals surface area (Å²) in [5.41, 5.74) is 3.65. The minimum Gasteiger partial charge on any atom is -0.493 e. The Kier molecular flexibility index (Phi) is 7.49. The van der Waals surface area contributed by atoms with Crippen LogP contribution in [0.3, 0.4) is 0 Å². The van der Waals surface area contributed by atoms with Crippen LogP contribution in [0.25, 0.3) is 22.3 Å². The number of hydrogen-bond acceptors (Lipinski definition) is 6. The molecule has 1 atom stereocenters. The minimum absolute atomic E-state index is 0. The van der Waals surface area contributed by atoms with Crippen molar-refractivity contribution in [3.63, 3.8) is 0 Å². The Balaban J connectivity index is 0.00000259. The maximum absolute atomic E-state index is 9.54. The van der Waals surface area contributed by atoms with Crippen molar-refractivity contribution in [2.75, 3.05) is 32.9 Å². The summed E-state index contributed by atoms with van der Waals surface area (Å²) in [6, 6.07) is 10.4. The molecule has 5 rings (SSSR count). The van der Waals surface area contributed by atoms with Gasteiger partial charge in [0.25, 0.3) is 0 Å². The Hall–Kier alpha value is -2.66. The van der Waals surface area contributed by atoms with E-state index >= 15 is 0 Å². The number of rotatable bonds is 6. The van der Waals surface area contributed by atoms with Crippen molar-refractivity contribution < 1.29 is 9.47 Å². The van der Waals surface area contributed by atoms with E-state index in [0.717, 1.165) is 92.3 Å². The first-order valence-electron chi connectivity index (χ1n) is 11.5. The largest absolute Gasteiger partial charge is 0.493 e. The maximum atomic E-state index is 9.54. The third-order valence-corrected chi connectivity index (χ3v) is 6.58. The number of aromatic nitrogens is 3. The van der Waals surface area contributed by atoms with Crippen molar-refractivity contribution >= 4 is 23.4 Å². The van der Waals surface area contributed by atoms with Gasteiger partial charge in [-0.15, -0.1) is 12.4 Å². The molecule has 3 aromatic rings. The predicted molar refractivity (Wildman–Crippen MR) is 130 cm³/mol. The van der Waals surface area contributed by atoms with Gasteiger partial charge in [0.2, 0.25) is 5.82 Å². The summed E-state index contributed by atoms with van der Waals surface area (Å²) < 4.78 is 13.8. The molecule has 33 heavy (non-hydrogen) atoms. The quantitative estimate of drug-likeness (QED) is 0.587. The Morgan fingerprint density at radius 1 is 1.18 bits per heavy atom. The van der Waals surface area contributed by atoms with Crippen LogP contribution in [-0.4, -0.2) is 47.4 Å². The average molecular weight is 468 g/mol. The third kappa shape index (κ3) is 5.14. The zero-order chi connectivity index (χ0) is 21.9. The van der Waals surface area contributed by atoms with Gasteiger partial charge in [-0.2, -0.15) is 5.26 Å². The molecule has 0 bridgehead atoms. The van der Waals surface area contributed by atoms with E-state index in [-0.39, 0.29) is 18.2 Å². The van der Waals surface area contributed by atoms with Crippen LogP contribution in [0, 0.1) is 30.1 Å². The van der Waals surface area contributed by atoms with Crippen molar-refractivity contribution in [1.29, 1.82) is 5.26 Å². The first-order valence-corrected chi connectivity index (χ1v) is 11.5. The highest BCUT2D eigenvalue weighted by molar-refractivity contribution is 5.91. The summed E-state index contributed by atoms with van der Waals surface area (Å²) >= 11 is 0. The third-order valence-electron chi connectivity index (χ3n) is 6.58. The van der Waals surface area contributed by atoms with Crippen molar-refractivity contribution in [3.8, 4) is 23.1 Å². The van der Waals surface area contributed by atoms with Crippen LogP contribution in [0.4, 0.5) is 0 Å². The molecule has 0 radical (unpaired) electrons. The Labute approximate surface area is 200 Å². The summed E-state index contributed by atoms with van der Waals surface area (Å²) in [5, 5.41) is 13.9. The van der Waals surface area contributed by atoms with Gasteiger partial charge in [-0.25, -0.2) is 9.97 Å². The number of benzene rings is 1. The number of piperidine rings is 1. The Bertz CT molecular complexity index is 1140. The van der Waals surface area contributed by atoms with Crippen LogP contribution in [0.15, 0.2) is 30.5 Å². The first-order chi connectivity index (χ1) is 15.7. The smallest absolute Gasteiger partial charge is 0.234 e. The fourth-order valence-electron chi connectivity index (χ4n) is 4.70. The Morgan fingerprint density at radius 3 is 2.76 bits per heavy atom. The zero-order valence-corrected chi connectivity index (χ0v) is 19.7. The molecule has 7 nitrogen and oxygen atoms in total. The molecule has 8 heteroatoms. The lowest BCUT2D eigenvalue weighted by molar-refractivity contribution is 0.182. The maximum Gasteiger partial charge on any atom is 0.234 e. The van der Waals surface area contributed by atoms with Crippen LogP contribution in [0.2, 0.25) is 0 Å². The molecule has 174 valence electrons. The van der Waals surface area contributed by atoms with Crippen molar-refractivity contribution in [2.24, 2.45) is 11.8 Å². The van der Waals surface area contributed by atoms with Gasteiger partial charge in [-0.05, 0) is 75.0 Å². The fraction of sp³-hybridized carbons (Fsp3) is 0.480. The monoisotopic (exact) mass is 467 g/mol. The molecule has 0 saturated carbocycles. The van der Waals surface area contributed by atoms with E-state index in [2.05, 4.69) is 45.0 Å². The molecule has 0 spiro atoms. The lowest BCUT2D eigenvalue weighted by atomic mass is 9.99. The molecule has 4 heterocycles. The summed E-state index contributed by atoms with van der Waals surface area (Å²) in [6.07, 6.45) is 5.43. The second-order valence-electron chi connectivity index (χ2n) is 8.93. The van der Waals surface area contributed by atoms with Gasteiger partial charge in [0, 0.05) is 36.2 Å². The summed E-state index contributed by atoms with van der Waals surface area (Å²) in [5.74, 6) is 2.20. The van der Waals surface area contributed by atoms with E-state index < -0.39 is 0 Å². The molecule has 1 N–H and O–H groups in total. The molecular weight excluding hydrogens is 438 g/mol. The van der Waals surface area contributed by atoms with Gasteiger partial charge in [-0.1, -0.05) is 0 Å². The number of hydrogen-bond donors (Lipinski definition) is 1. The first kappa shape index (κ1) is 23.5. The number of ether oxygens (including phenoxy) is 2. The van der Waals surface area contributed by atoms with E-state index in [0.29, 0.717) is 11.8 Å². The second kappa shape index (κ2) is 10.5. The van der Waals surface area contributed by atoms with Gasteiger partial charge < -0.3 is 19.4 Å². The molecule has 0 aliphatic carbocycles. The molecule has 2 aliphatic rings. The lowest BCUT2D eigenvalue weighted by Gasteiger charge is -2.23. The summed E-state index contributed by atoms with van der Waals surface area (Å²) in [6.45, 7) is 7.41. The normalized spacial score (nSPS) is 18.7. The number of halogens is 1. The van der Waals surface area contributed by atoms with Gasteiger partial charge in [-0.3, -0.25) is 0 Å². The number of fused-ring (bicyclic) bond motifs is 1. The fourth-order valence-corrected chi connectivity index (χ4v) is 4.70. The van der Waals surface area contributed by atoms with Gasteiger partial charge in [0.1, 0.15) is 17.5 Å². The van der Waals surface area contributed by atoms with E-state index in [9.17, 15) is 5.26 Å². The lowest BCUT2D eigenvalue weighted by Crippen LogP contribution is -2.30. The highest BCUT2D eigenvalue weighted by Gasteiger charge is 2.20. The van der Waals surface area contributed by atoms with E-state index in [1.165, 1.54) is 0 Å². The van der Waals surface area contributed by atoms with Crippen molar-refractivity contribution in [1.82, 2.24) is 19.9 Å². The van der Waals surface area contributed by atoms with Crippen LogP contribution in [-0.2, 0) is 11.3 Å². The molecule has 2 aliphatic heterocycles. The second-order valence-corrected chi connectivity index (χ2v) is 8.93. The van der Waals surface area contributed by atoms with Gasteiger partial charge in [0.05, 0.1) is 18.9 Å². The van der Waals surface area contributed by atoms with Gasteiger partial charge >= 0.3 is 0 Å². The van der Waals surface area contributed by atoms with Gasteiger partial charge in [0.15, 0.2) is 0 Å². The average Bonchev–Trinajstić information content (AvgIpc) is 3.49. The topological polar surface area (TPSA) is 85.0 Å². The summed E-state index contributed by atoms with van der Waals surface area (Å²) in [4.78, 5) is 9.09. The summed E-state index contributed by atoms with van der Waals surface area (Å²) in [7, 11) is 0. The SMILES string of the molecule is Cc1cc(-c2nc(C#N)nc3c2ccn3CC2CCOC2)ccc1OCC1CCNCC1.Cl. The number of aryl methyl sites for hydroxylation is 1. The van der Waals surface area contributed by atoms with Crippen LogP contribution in [0.5, 0.6) is 5.75 Å². The Morgan fingerprint density at radius 2 is 2.03 bits per heavy atom. The predicted octanol–water partition coefficient (Wildman–Crippen LogP) is 4.12. The van der Waals surface area contributed by atoms with Crippen molar-refractivity contribution in [2.45, 2.75) is 32.7 Å². The molecule has 2 aromatic heterocycles. The minimum atomic E-state index is 0. The van der Waals surface area contributed by atoms with E-state index in [1.807, 2.05) is 18.3 Å². The zero-order valence-electron chi connectivity index (χ0n) is 18.9. The van der Waals surface area contributed by atoms with Crippen molar-refractivity contribution in [3.05, 3.63) is 41.9 Å². The molecule has 0 amide bonds. The van der Waals surface area contributed by atoms with Crippen LogP contribution >= 0.6 is 12.4 Å². The highest BCUT2D eigenvalue weighted by Crippen LogP contribution is 2.31. The number of nitriles is 1. The van der Waals surface area contributed by atoms with E-state index in [1.54, 1.807) is 0 Å². The number of nitrogens with one attached hydrogen (secondary N) is 1. The number of nitrogens with zero attached hydrogens (tertiary/aromatic N) is 4. The molecule has 1 unspecified atom stereocenters. The molecule has 2 fully saturated rings. The van der Waals surface area contributed by atoms with E-state index in [4.69, 9.17) is 9.47 Å². The molecular formula is C25H30ClN5O2.